The summed E-state index contributed by atoms with van der Waals surface area (Å²) in [6.07, 6.45) is 4.44. The number of aromatic amines is 1. The highest BCUT2D eigenvalue weighted by Crippen LogP contribution is 2.39. The summed E-state index contributed by atoms with van der Waals surface area (Å²) in [6, 6.07) is 7.60. The number of H-pyrrole nitrogens is 1. The summed E-state index contributed by atoms with van der Waals surface area (Å²) in [7, 11) is 0. The topological polar surface area (TPSA) is 105 Å². The minimum absolute atomic E-state index is 0.0378. The van der Waals surface area contributed by atoms with Gasteiger partial charge in [-0.25, -0.2) is 9.50 Å². The number of aryl methyl sites for hydroxylation is 1. The van der Waals surface area contributed by atoms with Crippen molar-refractivity contribution < 1.29 is 9.21 Å². The molecule has 4 aromatic heterocycles. The van der Waals surface area contributed by atoms with Crippen LogP contribution < -0.4 is 0 Å². The number of rotatable bonds is 3. The zero-order valence-corrected chi connectivity index (χ0v) is 15.9. The van der Waals surface area contributed by atoms with Crippen molar-refractivity contribution in [1.82, 2.24) is 34.7 Å². The molecule has 9 heteroatoms. The average molecular weight is 389 g/mol. The van der Waals surface area contributed by atoms with Crippen molar-refractivity contribution in [1.29, 1.82) is 0 Å². The van der Waals surface area contributed by atoms with Crippen molar-refractivity contribution in [3.63, 3.8) is 0 Å². The van der Waals surface area contributed by atoms with Crippen molar-refractivity contribution in [2.24, 2.45) is 0 Å². The van der Waals surface area contributed by atoms with Gasteiger partial charge in [-0.15, -0.1) is 10.2 Å². The van der Waals surface area contributed by atoms with E-state index in [1.165, 1.54) is 0 Å². The van der Waals surface area contributed by atoms with E-state index in [0.717, 1.165) is 41.1 Å². The molecule has 9 nitrogen and oxygen atoms in total. The summed E-state index contributed by atoms with van der Waals surface area (Å²) < 4.78 is 7.57. The Balaban J connectivity index is 1.44. The molecule has 1 aliphatic heterocycles. The Kier molecular flexibility index (Phi) is 3.41. The average Bonchev–Trinajstić information content (AvgIpc) is 3.13. The number of carbonyl (C=O) groups is 1. The van der Waals surface area contributed by atoms with E-state index in [-0.39, 0.29) is 11.8 Å². The number of hydrogen-bond donors (Lipinski definition) is 1. The number of nitrogens with zero attached hydrogens (tertiary/aromatic N) is 6. The minimum Gasteiger partial charge on any atom is -0.417 e. The van der Waals surface area contributed by atoms with Gasteiger partial charge in [-0.2, -0.15) is 5.10 Å². The van der Waals surface area contributed by atoms with E-state index in [1.807, 2.05) is 35.7 Å². The molecule has 1 N–H and O–H groups in total. The summed E-state index contributed by atoms with van der Waals surface area (Å²) in [6.45, 7) is 2.53. The number of amides is 1. The van der Waals surface area contributed by atoms with Crippen LogP contribution in [0.1, 0.15) is 64.2 Å². The standard InChI is InChI=1S/C20H19N7O2/c1-11-3-2-4-13-9-15(25-27(11)13)17-16-14(21-10-22-16)7-8-26(17)20(28)19-24-23-18(29-19)12-5-6-12/h2-4,9-10,12,17H,5-8H2,1H3,(H,21,22)/t17-/m0/s1. The molecular weight excluding hydrogens is 370 g/mol. The van der Waals surface area contributed by atoms with E-state index in [2.05, 4.69) is 20.2 Å². The molecule has 1 atom stereocenters. The van der Waals surface area contributed by atoms with Crippen LogP contribution in [0, 0.1) is 6.92 Å². The summed E-state index contributed by atoms with van der Waals surface area (Å²) in [4.78, 5) is 22.8. The van der Waals surface area contributed by atoms with E-state index in [9.17, 15) is 4.79 Å². The first kappa shape index (κ1) is 16.5. The summed E-state index contributed by atoms with van der Waals surface area (Å²) >= 11 is 0. The van der Waals surface area contributed by atoms with Gasteiger partial charge in [0.1, 0.15) is 6.04 Å². The largest absolute Gasteiger partial charge is 0.417 e. The molecule has 5 heterocycles. The normalized spacial score (nSPS) is 18.9. The first-order valence-electron chi connectivity index (χ1n) is 9.81. The number of aromatic nitrogens is 6. The Morgan fingerprint density at radius 3 is 3.00 bits per heavy atom. The summed E-state index contributed by atoms with van der Waals surface area (Å²) in [5.41, 5.74) is 4.60. The first-order chi connectivity index (χ1) is 14.2. The number of fused-ring (bicyclic) bond motifs is 2. The summed E-state index contributed by atoms with van der Waals surface area (Å²) in [5.74, 6) is 0.624. The Bertz CT molecular complexity index is 1230. The van der Waals surface area contributed by atoms with E-state index < -0.39 is 6.04 Å². The van der Waals surface area contributed by atoms with Crippen LogP contribution in [0.3, 0.4) is 0 Å². The van der Waals surface area contributed by atoms with Gasteiger partial charge in [0.15, 0.2) is 0 Å². The lowest BCUT2D eigenvalue weighted by Crippen LogP contribution is -2.41. The fourth-order valence-corrected chi connectivity index (χ4v) is 4.04. The predicted molar refractivity (Wildman–Crippen MR) is 101 cm³/mol. The van der Waals surface area contributed by atoms with Gasteiger partial charge < -0.3 is 14.3 Å². The highest BCUT2D eigenvalue weighted by molar-refractivity contribution is 5.90. The number of carbonyl (C=O) groups excluding carboxylic acids is 1. The lowest BCUT2D eigenvalue weighted by molar-refractivity contribution is 0.0644. The Morgan fingerprint density at radius 2 is 2.17 bits per heavy atom. The summed E-state index contributed by atoms with van der Waals surface area (Å²) in [5, 5.41) is 12.9. The van der Waals surface area contributed by atoms with Gasteiger partial charge in [-0.3, -0.25) is 4.79 Å². The zero-order chi connectivity index (χ0) is 19.5. The lowest BCUT2D eigenvalue weighted by atomic mass is 9.99. The third kappa shape index (κ3) is 2.57. The third-order valence-corrected chi connectivity index (χ3v) is 5.71. The molecule has 0 unspecified atom stereocenters. The molecule has 0 saturated heterocycles. The number of nitrogens with one attached hydrogen (secondary N) is 1. The van der Waals surface area contributed by atoms with E-state index in [0.29, 0.717) is 24.8 Å². The SMILES string of the molecule is Cc1cccc2cc([C@H]3c4nc[nH]c4CCN3C(=O)c3nnc(C4CC4)o3)nn12. The second-order valence-corrected chi connectivity index (χ2v) is 7.71. The van der Waals surface area contributed by atoms with Crippen LogP contribution in [0.2, 0.25) is 0 Å². The molecule has 0 aromatic carbocycles. The van der Waals surface area contributed by atoms with E-state index in [1.54, 1.807) is 11.2 Å². The minimum atomic E-state index is -0.409. The maximum Gasteiger partial charge on any atom is 0.312 e. The Hall–Kier alpha value is -3.49. The van der Waals surface area contributed by atoms with Crippen LogP contribution >= 0.6 is 0 Å². The van der Waals surface area contributed by atoms with Crippen LogP contribution in [-0.4, -0.2) is 47.1 Å². The maximum absolute atomic E-state index is 13.3. The molecule has 1 saturated carbocycles. The smallest absolute Gasteiger partial charge is 0.312 e. The van der Waals surface area contributed by atoms with Crippen molar-refractivity contribution in [2.45, 2.75) is 38.1 Å². The van der Waals surface area contributed by atoms with Crippen LogP contribution in [0.15, 0.2) is 35.0 Å². The quantitative estimate of drug-likeness (QED) is 0.577. The first-order valence-corrected chi connectivity index (χ1v) is 9.81. The number of imidazole rings is 1. The zero-order valence-electron chi connectivity index (χ0n) is 15.9. The fraction of sp³-hybridized carbons (Fsp3) is 0.350. The Labute approximate surface area is 165 Å². The molecule has 1 aliphatic carbocycles. The number of pyridine rings is 1. The van der Waals surface area contributed by atoms with Crippen molar-refractivity contribution in [3.05, 3.63) is 65.1 Å². The van der Waals surface area contributed by atoms with Gasteiger partial charge in [-0.05, 0) is 38.0 Å². The fourth-order valence-electron chi connectivity index (χ4n) is 4.04. The van der Waals surface area contributed by atoms with Crippen LogP contribution in [0.5, 0.6) is 0 Å². The molecule has 0 spiro atoms. The predicted octanol–water partition coefficient (Wildman–Crippen LogP) is 2.41. The van der Waals surface area contributed by atoms with Gasteiger partial charge in [0, 0.05) is 30.3 Å². The molecule has 146 valence electrons. The molecule has 1 fully saturated rings. The molecule has 29 heavy (non-hydrogen) atoms. The van der Waals surface area contributed by atoms with E-state index in [4.69, 9.17) is 9.52 Å². The van der Waals surface area contributed by atoms with Crippen molar-refractivity contribution >= 4 is 11.4 Å². The van der Waals surface area contributed by atoms with Gasteiger partial charge >= 0.3 is 11.8 Å². The molecule has 1 amide bonds. The van der Waals surface area contributed by atoms with Crippen LogP contribution in [0.4, 0.5) is 0 Å². The molecule has 4 aromatic rings. The third-order valence-electron chi connectivity index (χ3n) is 5.71. The number of hydrogen-bond acceptors (Lipinski definition) is 6. The van der Waals surface area contributed by atoms with E-state index >= 15 is 0 Å². The van der Waals surface area contributed by atoms with Crippen molar-refractivity contribution in [3.8, 4) is 0 Å². The molecular formula is C20H19N7O2. The Morgan fingerprint density at radius 1 is 1.28 bits per heavy atom. The second kappa shape index (κ2) is 6.00. The second-order valence-electron chi connectivity index (χ2n) is 7.71. The highest BCUT2D eigenvalue weighted by atomic mass is 16.4. The van der Waals surface area contributed by atoms with Crippen LogP contribution in [0.25, 0.3) is 5.52 Å². The van der Waals surface area contributed by atoms with Gasteiger partial charge in [0.25, 0.3) is 0 Å². The van der Waals surface area contributed by atoms with Crippen molar-refractivity contribution in [2.75, 3.05) is 6.54 Å². The molecule has 0 bridgehead atoms. The molecule has 6 rings (SSSR count). The monoisotopic (exact) mass is 389 g/mol. The highest BCUT2D eigenvalue weighted by Gasteiger charge is 2.39. The lowest BCUT2D eigenvalue weighted by Gasteiger charge is -2.32. The van der Waals surface area contributed by atoms with Gasteiger partial charge in [0.2, 0.25) is 5.89 Å². The maximum atomic E-state index is 13.3. The van der Waals surface area contributed by atoms with Crippen LogP contribution in [-0.2, 0) is 6.42 Å². The van der Waals surface area contributed by atoms with Gasteiger partial charge in [0.05, 0.1) is 23.2 Å². The molecule has 0 radical (unpaired) electrons. The van der Waals surface area contributed by atoms with Gasteiger partial charge in [-0.1, -0.05) is 6.07 Å². The molecule has 2 aliphatic rings.